The highest BCUT2D eigenvalue weighted by molar-refractivity contribution is 7.13. The number of fused-ring (bicyclic) bond motifs is 3. The van der Waals surface area contributed by atoms with Gasteiger partial charge in [0.15, 0.2) is 5.13 Å². The highest BCUT2D eigenvalue weighted by Crippen LogP contribution is 2.44. The van der Waals surface area contributed by atoms with E-state index in [0.29, 0.717) is 10.8 Å². The van der Waals surface area contributed by atoms with Crippen LogP contribution >= 0.6 is 11.3 Å². The molecule has 33 heavy (non-hydrogen) atoms. The number of amides is 2. The smallest absolute Gasteiger partial charge is 0.413 e. The minimum Gasteiger partial charge on any atom is -0.481 e. The first-order chi connectivity index (χ1) is 15.9. The first-order valence-corrected chi connectivity index (χ1v) is 11.3. The average Bonchev–Trinajstić information content (AvgIpc) is 3.37. The maximum absolute atomic E-state index is 12.4. The molecule has 0 fully saturated rings. The third kappa shape index (κ3) is 5.20. The molecule has 0 bridgehead atoms. The highest BCUT2D eigenvalue weighted by Gasteiger charge is 2.29. The van der Waals surface area contributed by atoms with Gasteiger partial charge in [-0.1, -0.05) is 48.5 Å². The number of carbonyl (C=O) groups is 3. The molecule has 9 heteroatoms. The van der Waals surface area contributed by atoms with Crippen molar-refractivity contribution in [2.45, 2.75) is 18.8 Å². The molecule has 2 amide bonds. The summed E-state index contributed by atoms with van der Waals surface area (Å²) < 4.78 is 5.51. The molecule has 8 nitrogen and oxygen atoms in total. The van der Waals surface area contributed by atoms with Crippen LogP contribution in [0.2, 0.25) is 0 Å². The molecule has 4 rings (SSSR count). The molecule has 2 aromatic carbocycles. The number of carboxylic acids is 1. The van der Waals surface area contributed by atoms with E-state index in [-0.39, 0.29) is 37.8 Å². The fourth-order valence-electron chi connectivity index (χ4n) is 3.85. The van der Waals surface area contributed by atoms with E-state index in [4.69, 9.17) is 9.84 Å². The van der Waals surface area contributed by atoms with Gasteiger partial charge in [0.1, 0.15) is 6.61 Å². The van der Waals surface area contributed by atoms with Gasteiger partial charge < -0.3 is 14.7 Å². The summed E-state index contributed by atoms with van der Waals surface area (Å²) in [5.41, 5.74) is 5.08. The lowest BCUT2D eigenvalue weighted by Crippen LogP contribution is -2.30. The number of aliphatic carboxylic acids is 1. The minimum absolute atomic E-state index is 0.0268. The number of anilines is 1. The molecule has 1 aromatic heterocycles. The van der Waals surface area contributed by atoms with E-state index in [2.05, 4.69) is 34.6 Å². The third-order valence-electron chi connectivity index (χ3n) is 5.52. The number of nitrogens with one attached hydrogen (secondary N) is 1. The number of carboxylic acid groups (broad SMARTS) is 1. The van der Waals surface area contributed by atoms with Crippen molar-refractivity contribution in [1.82, 2.24) is 9.88 Å². The largest absolute Gasteiger partial charge is 0.481 e. The van der Waals surface area contributed by atoms with Crippen LogP contribution in [0.25, 0.3) is 11.1 Å². The maximum Gasteiger partial charge on any atom is 0.413 e. The molecule has 0 saturated carbocycles. The van der Waals surface area contributed by atoms with E-state index in [1.54, 1.807) is 12.4 Å². The van der Waals surface area contributed by atoms with Crippen LogP contribution in [0.1, 0.15) is 29.2 Å². The average molecular weight is 466 g/mol. The lowest BCUT2D eigenvalue weighted by molar-refractivity contribution is -0.138. The predicted molar refractivity (Wildman–Crippen MR) is 124 cm³/mol. The zero-order chi connectivity index (χ0) is 23.4. The molecule has 2 N–H and O–H groups in total. The lowest BCUT2D eigenvalue weighted by Gasteiger charge is -2.15. The molecular weight excluding hydrogens is 442 g/mol. The van der Waals surface area contributed by atoms with Gasteiger partial charge in [0, 0.05) is 24.9 Å². The van der Waals surface area contributed by atoms with Gasteiger partial charge in [-0.3, -0.25) is 14.9 Å². The molecular formula is C24H23N3O5S. The molecule has 0 saturated heterocycles. The maximum atomic E-state index is 12.4. The van der Waals surface area contributed by atoms with Crippen LogP contribution in [0.5, 0.6) is 0 Å². The Morgan fingerprint density at radius 1 is 1.09 bits per heavy atom. The van der Waals surface area contributed by atoms with E-state index >= 15 is 0 Å². The summed E-state index contributed by atoms with van der Waals surface area (Å²) in [4.78, 5) is 40.8. The number of rotatable bonds is 8. The van der Waals surface area contributed by atoms with Crippen LogP contribution in [0.15, 0.2) is 53.9 Å². The van der Waals surface area contributed by atoms with Gasteiger partial charge in [-0.25, -0.2) is 9.78 Å². The third-order valence-corrected chi connectivity index (χ3v) is 6.33. The number of aromatic nitrogens is 1. The molecule has 1 aliphatic carbocycles. The number of thiazole rings is 1. The Morgan fingerprint density at radius 3 is 2.36 bits per heavy atom. The summed E-state index contributed by atoms with van der Waals surface area (Å²) in [6.07, 6.45) is -0.699. The van der Waals surface area contributed by atoms with Crippen LogP contribution in [0.3, 0.4) is 0 Å². The zero-order valence-electron chi connectivity index (χ0n) is 18.0. The molecule has 0 aliphatic heterocycles. The van der Waals surface area contributed by atoms with Crippen LogP contribution < -0.4 is 5.32 Å². The van der Waals surface area contributed by atoms with E-state index < -0.39 is 12.1 Å². The van der Waals surface area contributed by atoms with Crippen molar-refractivity contribution >= 4 is 34.4 Å². The Morgan fingerprint density at radius 2 is 1.73 bits per heavy atom. The number of benzene rings is 2. The van der Waals surface area contributed by atoms with Crippen molar-refractivity contribution in [3.63, 3.8) is 0 Å². The van der Waals surface area contributed by atoms with Crippen LogP contribution in [-0.2, 0) is 20.7 Å². The molecule has 170 valence electrons. The van der Waals surface area contributed by atoms with E-state index in [9.17, 15) is 14.4 Å². The van der Waals surface area contributed by atoms with Gasteiger partial charge in [0.2, 0.25) is 5.91 Å². The number of hydrogen-bond acceptors (Lipinski definition) is 6. The van der Waals surface area contributed by atoms with Gasteiger partial charge in [-0.2, -0.15) is 0 Å². The number of nitrogens with zero attached hydrogens (tertiary/aromatic N) is 2. The lowest BCUT2D eigenvalue weighted by atomic mass is 9.98. The first-order valence-electron chi connectivity index (χ1n) is 10.4. The minimum atomic E-state index is -0.960. The summed E-state index contributed by atoms with van der Waals surface area (Å²) in [6.45, 7) is 0.327. The van der Waals surface area contributed by atoms with Crippen molar-refractivity contribution in [3.8, 4) is 11.1 Å². The summed E-state index contributed by atoms with van der Waals surface area (Å²) in [7, 11) is 1.55. The number of carbonyl (C=O) groups excluding carboxylic acids is 2. The van der Waals surface area contributed by atoms with Crippen LogP contribution in [0, 0.1) is 0 Å². The summed E-state index contributed by atoms with van der Waals surface area (Å²) in [5.74, 6) is -1.24. The normalized spacial score (nSPS) is 12.0. The van der Waals surface area contributed by atoms with Crippen molar-refractivity contribution in [3.05, 3.63) is 70.7 Å². The van der Waals surface area contributed by atoms with Crippen LogP contribution in [0.4, 0.5) is 9.93 Å². The monoisotopic (exact) mass is 465 g/mol. The summed E-state index contributed by atoms with van der Waals surface area (Å²) in [5, 5.41) is 13.4. The van der Waals surface area contributed by atoms with Gasteiger partial charge in [0.05, 0.1) is 18.5 Å². The van der Waals surface area contributed by atoms with E-state index in [1.807, 2.05) is 24.3 Å². The Kier molecular flexibility index (Phi) is 6.69. The molecule has 0 radical (unpaired) electrons. The van der Waals surface area contributed by atoms with Gasteiger partial charge in [-0.05, 0) is 22.3 Å². The van der Waals surface area contributed by atoms with Crippen LogP contribution in [-0.4, -0.2) is 53.2 Å². The van der Waals surface area contributed by atoms with Gasteiger partial charge in [-0.15, -0.1) is 11.3 Å². The molecule has 1 heterocycles. The Bertz CT molecular complexity index is 1150. The van der Waals surface area contributed by atoms with Crippen molar-refractivity contribution in [2.24, 2.45) is 0 Å². The molecule has 0 atom stereocenters. The second-order valence-electron chi connectivity index (χ2n) is 7.73. The second kappa shape index (κ2) is 9.83. The Balaban J connectivity index is 1.32. The fourth-order valence-corrected chi connectivity index (χ4v) is 4.54. The number of hydrogen-bond donors (Lipinski definition) is 2. The van der Waals surface area contributed by atoms with Crippen molar-refractivity contribution in [2.75, 3.05) is 25.5 Å². The highest BCUT2D eigenvalue weighted by atomic mass is 32.1. The van der Waals surface area contributed by atoms with Gasteiger partial charge in [0.25, 0.3) is 0 Å². The zero-order valence-corrected chi connectivity index (χ0v) is 18.8. The van der Waals surface area contributed by atoms with E-state index in [1.165, 1.54) is 16.2 Å². The molecule has 3 aromatic rings. The topological polar surface area (TPSA) is 109 Å². The Hall–Kier alpha value is -3.72. The Labute approximate surface area is 194 Å². The quantitative estimate of drug-likeness (QED) is 0.521. The molecule has 0 unspecified atom stereocenters. The van der Waals surface area contributed by atoms with Crippen molar-refractivity contribution in [1.29, 1.82) is 0 Å². The fraction of sp³-hybridized carbons (Fsp3) is 0.250. The predicted octanol–water partition coefficient (Wildman–Crippen LogP) is 3.98. The van der Waals surface area contributed by atoms with E-state index in [0.717, 1.165) is 22.3 Å². The SMILES string of the molecule is CN(CCC(=O)O)C(=O)Cc1csc(NC(=O)OCC2c3ccccc3-c3ccccc32)n1. The first kappa shape index (κ1) is 22.5. The summed E-state index contributed by atoms with van der Waals surface area (Å²) >= 11 is 1.20. The number of ether oxygens (including phenoxy) is 1. The second-order valence-corrected chi connectivity index (χ2v) is 8.59. The summed E-state index contributed by atoms with van der Waals surface area (Å²) in [6, 6.07) is 16.2. The number of likely N-dealkylation sites (N-methyl/N-ethyl adjacent to an activating group) is 1. The molecule has 1 aliphatic rings. The standard InChI is InChI=1S/C24H23N3O5S/c1-27(11-10-22(29)30)21(28)12-15-14-33-23(25-15)26-24(31)32-13-20-18-8-4-2-6-16(18)17-7-3-5-9-19(17)20/h2-9,14,20H,10-13H2,1H3,(H,29,30)(H,25,26,31). The van der Waals surface area contributed by atoms with Gasteiger partial charge >= 0.3 is 12.1 Å². The molecule has 0 spiro atoms. The van der Waals surface area contributed by atoms with Crippen molar-refractivity contribution < 1.29 is 24.2 Å².